The van der Waals surface area contributed by atoms with Crippen molar-refractivity contribution in [2.24, 2.45) is 0 Å². The van der Waals surface area contributed by atoms with Gasteiger partial charge in [0.25, 0.3) is 0 Å². The van der Waals surface area contributed by atoms with Crippen LogP contribution in [-0.4, -0.2) is 30.1 Å². The van der Waals surface area contributed by atoms with Crippen LogP contribution in [0.15, 0.2) is 18.2 Å². The zero-order chi connectivity index (χ0) is 11.8. The van der Waals surface area contributed by atoms with E-state index in [-0.39, 0.29) is 0 Å². The molecule has 86 valence electrons. The monoisotopic (exact) mass is 239 g/mol. The number of β-amino-alcohol motifs (C(OH)–C–C–N with tert-alkyl or cyclic N) is 1. The highest BCUT2D eigenvalue weighted by Gasteiger charge is 2.32. The molecule has 1 aliphatic rings. The number of carbonyl (C=O) groups excluding carboxylic acids is 1. The summed E-state index contributed by atoms with van der Waals surface area (Å²) in [6.45, 7) is 3.18. The van der Waals surface area contributed by atoms with Crippen LogP contribution in [0.1, 0.15) is 23.7 Å². The minimum absolute atomic E-state index is 0.558. The Balaban J connectivity index is 2.25. The molecule has 1 fully saturated rings. The number of aldehydes is 1. The summed E-state index contributed by atoms with van der Waals surface area (Å²) in [5.41, 5.74) is 0.803. The van der Waals surface area contributed by atoms with Crippen LogP contribution in [-0.2, 0) is 0 Å². The molecule has 4 heteroatoms. The van der Waals surface area contributed by atoms with Crippen molar-refractivity contribution in [3.05, 3.63) is 28.8 Å². The summed E-state index contributed by atoms with van der Waals surface area (Å²) in [6, 6.07) is 5.21. The van der Waals surface area contributed by atoms with Crippen LogP contribution in [0.3, 0.4) is 0 Å². The van der Waals surface area contributed by atoms with Gasteiger partial charge in [-0.1, -0.05) is 11.6 Å². The second-order valence-electron chi connectivity index (χ2n) is 4.50. The number of benzene rings is 1. The van der Waals surface area contributed by atoms with Gasteiger partial charge in [0, 0.05) is 18.7 Å². The molecule has 1 saturated heterocycles. The molecule has 1 heterocycles. The van der Waals surface area contributed by atoms with Crippen LogP contribution in [0, 0.1) is 0 Å². The summed E-state index contributed by atoms with van der Waals surface area (Å²) in [5.74, 6) is 0. The van der Waals surface area contributed by atoms with Crippen molar-refractivity contribution in [3.8, 4) is 0 Å². The predicted octanol–water partition coefficient (Wildman–Crippen LogP) is 2.11. The SMILES string of the molecule is CC1(O)CCN(c2ccc(C=O)cc2Cl)C1. The summed E-state index contributed by atoms with van der Waals surface area (Å²) in [7, 11) is 0. The highest BCUT2D eigenvalue weighted by molar-refractivity contribution is 6.33. The molecule has 1 unspecified atom stereocenters. The number of carbonyl (C=O) groups is 1. The van der Waals surface area contributed by atoms with Gasteiger partial charge >= 0.3 is 0 Å². The van der Waals surface area contributed by atoms with Crippen LogP contribution in [0.4, 0.5) is 5.69 Å². The molecule has 0 radical (unpaired) electrons. The first-order chi connectivity index (χ1) is 7.52. The van der Waals surface area contributed by atoms with Crippen LogP contribution >= 0.6 is 11.6 Å². The van der Waals surface area contributed by atoms with E-state index in [0.29, 0.717) is 17.1 Å². The average molecular weight is 240 g/mol. The van der Waals surface area contributed by atoms with Gasteiger partial charge < -0.3 is 10.0 Å². The maximum Gasteiger partial charge on any atom is 0.150 e. The Kier molecular flexibility index (Phi) is 2.91. The number of hydrogen-bond acceptors (Lipinski definition) is 3. The minimum Gasteiger partial charge on any atom is -0.388 e. The summed E-state index contributed by atoms with van der Waals surface area (Å²) in [6.07, 6.45) is 1.51. The highest BCUT2D eigenvalue weighted by Crippen LogP contribution is 2.32. The number of nitrogens with zero attached hydrogens (tertiary/aromatic N) is 1. The Morgan fingerprint density at radius 3 is 2.81 bits per heavy atom. The molecule has 1 aliphatic heterocycles. The molecule has 1 aromatic carbocycles. The maximum atomic E-state index is 10.6. The molecule has 1 N–H and O–H groups in total. The molecule has 0 amide bonds. The first-order valence-electron chi connectivity index (χ1n) is 5.24. The first kappa shape index (κ1) is 11.4. The fourth-order valence-corrected chi connectivity index (χ4v) is 2.31. The smallest absolute Gasteiger partial charge is 0.150 e. The normalized spacial score (nSPS) is 24.8. The quantitative estimate of drug-likeness (QED) is 0.804. The molecule has 2 rings (SSSR count). The Morgan fingerprint density at radius 1 is 1.56 bits per heavy atom. The third-order valence-electron chi connectivity index (χ3n) is 2.90. The Labute approximate surface area is 99.6 Å². The second kappa shape index (κ2) is 4.07. The van der Waals surface area contributed by atoms with Crippen molar-refractivity contribution >= 4 is 23.6 Å². The lowest BCUT2D eigenvalue weighted by molar-refractivity contribution is 0.0839. The van der Waals surface area contributed by atoms with Gasteiger partial charge in [0.15, 0.2) is 0 Å². The van der Waals surface area contributed by atoms with E-state index in [2.05, 4.69) is 0 Å². The summed E-state index contributed by atoms with van der Waals surface area (Å²) >= 11 is 6.10. The van der Waals surface area contributed by atoms with E-state index in [9.17, 15) is 9.90 Å². The van der Waals surface area contributed by atoms with Crippen LogP contribution < -0.4 is 4.90 Å². The third kappa shape index (κ3) is 2.20. The lowest BCUT2D eigenvalue weighted by Gasteiger charge is -2.21. The number of rotatable bonds is 2. The molecular formula is C12H14ClNO2. The van der Waals surface area contributed by atoms with E-state index in [1.54, 1.807) is 12.1 Å². The molecular weight excluding hydrogens is 226 g/mol. The molecule has 0 aromatic heterocycles. The third-order valence-corrected chi connectivity index (χ3v) is 3.20. The zero-order valence-electron chi connectivity index (χ0n) is 9.11. The second-order valence-corrected chi connectivity index (χ2v) is 4.90. The molecule has 16 heavy (non-hydrogen) atoms. The molecule has 1 atom stereocenters. The van der Waals surface area contributed by atoms with Crippen LogP contribution in [0.2, 0.25) is 5.02 Å². The summed E-state index contributed by atoms with van der Waals surface area (Å²) < 4.78 is 0. The molecule has 0 aliphatic carbocycles. The van der Waals surface area contributed by atoms with Crippen LogP contribution in [0.25, 0.3) is 0 Å². The van der Waals surface area contributed by atoms with Gasteiger partial charge in [-0.2, -0.15) is 0 Å². The summed E-state index contributed by atoms with van der Waals surface area (Å²) in [5, 5.41) is 10.4. The number of hydrogen-bond donors (Lipinski definition) is 1. The fraction of sp³-hybridized carbons (Fsp3) is 0.417. The molecule has 0 spiro atoms. The van der Waals surface area contributed by atoms with Gasteiger partial charge in [-0.15, -0.1) is 0 Å². The van der Waals surface area contributed by atoms with Gasteiger partial charge in [0.2, 0.25) is 0 Å². The number of aliphatic hydroxyl groups is 1. The van der Waals surface area contributed by atoms with Crippen molar-refractivity contribution < 1.29 is 9.90 Å². The fourth-order valence-electron chi connectivity index (χ4n) is 2.00. The summed E-state index contributed by atoms with van der Waals surface area (Å²) in [4.78, 5) is 12.6. The first-order valence-corrected chi connectivity index (χ1v) is 5.62. The molecule has 0 bridgehead atoms. The minimum atomic E-state index is -0.646. The Hall–Kier alpha value is -1.06. The Bertz CT molecular complexity index is 417. The zero-order valence-corrected chi connectivity index (χ0v) is 9.87. The standard InChI is InChI=1S/C12H14ClNO2/c1-12(16)4-5-14(8-12)11-3-2-9(7-15)6-10(11)13/h2-3,6-7,16H,4-5,8H2,1H3. The van der Waals surface area contributed by atoms with E-state index >= 15 is 0 Å². The van der Waals surface area contributed by atoms with Crippen molar-refractivity contribution in [1.82, 2.24) is 0 Å². The van der Waals surface area contributed by atoms with Gasteiger partial charge in [-0.05, 0) is 31.5 Å². The molecule has 1 aromatic rings. The number of anilines is 1. The topological polar surface area (TPSA) is 40.5 Å². The van der Waals surface area contributed by atoms with E-state index in [1.165, 1.54) is 0 Å². The van der Waals surface area contributed by atoms with Gasteiger partial charge in [-0.25, -0.2) is 0 Å². The predicted molar refractivity (Wildman–Crippen MR) is 64.3 cm³/mol. The van der Waals surface area contributed by atoms with Crippen molar-refractivity contribution in [1.29, 1.82) is 0 Å². The van der Waals surface area contributed by atoms with Gasteiger partial charge in [0.05, 0.1) is 16.3 Å². The van der Waals surface area contributed by atoms with E-state index in [0.717, 1.165) is 24.9 Å². The van der Waals surface area contributed by atoms with Gasteiger partial charge in [-0.3, -0.25) is 4.79 Å². The van der Waals surface area contributed by atoms with E-state index in [1.807, 2.05) is 17.9 Å². The Morgan fingerprint density at radius 2 is 2.31 bits per heavy atom. The van der Waals surface area contributed by atoms with Crippen LogP contribution in [0.5, 0.6) is 0 Å². The van der Waals surface area contributed by atoms with Crippen molar-refractivity contribution in [2.75, 3.05) is 18.0 Å². The van der Waals surface area contributed by atoms with Gasteiger partial charge in [0.1, 0.15) is 6.29 Å². The number of halogens is 1. The maximum absolute atomic E-state index is 10.6. The van der Waals surface area contributed by atoms with Crippen molar-refractivity contribution in [2.45, 2.75) is 18.9 Å². The lowest BCUT2D eigenvalue weighted by Crippen LogP contribution is -2.29. The average Bonchev–Trinajstić information content (AvgIpc) is 2.58. The molecule has 0 saturated carbocycles. The van der Waals surface area contributed by atoms with E-state index in [4.69, 9.17) is 11.6 Å². The lowest BCUT2D eigenvalue weighted by atomic mass is 10.1. The molecule has 3 nitrogen and oxygen atoms in total. The van der Waals surface area contributed by atoms with Crippen molar-refractivity contribution in [3.63, 3.8) is 0 Å². The van der Waals surface area contributed by atoms with E-state index < -0.39 is 5.60 Å². The highest BCUT2D eigenvalue weighted by atomic mass is 35.5. The largest absolute Gasteiger partial charge is 0.388 e.